The molecule has 1 rings (SSSR count). The minimum absolute atomic E-state index is 0.780. The monoisotopic (exact) mass is 129 g/mol. The third-order valence-electron chi connectivity index (χ3n) is 0.972. The number of nitrogens with one attached hydrogen (secondary N) is 1. The number of hydrogen-bond acceptors (Lipinski definition) is 1. The molecule has 0 aromatic rings. The van der Waals surface area contributed by atoms with Gasteiger partial charge in [-0.15, -0.1) is 0 Å². The van der Waals surface area contributed by atoms with E-state index in [2.05, 4.69) is 11.4 Å². The fourth-order valence-electron chi connectivity index (χ4n) is 0.580. The van der Waals surface area contributed by atoms with Crippen molar-refractivity contribution >= 4 is 11.6 Å². The van der Waals surface area contributed by atoms with Crippen LogP contribution in [0.3, 0.4) is 0 Å². The maximum atomic E-state index is 5.63. The molecule has 0 aliphatic carbocycles. The molecular weight excluding hydrogens is 122 g/mol. The molecule has 0 aromatic heterocycles. The number of allylic oxidation sites excluding steroid dienone is 2. The molecule has 0 spiro atoms. The van der Waals surface area contributed by atoms with E-state index >= 15 is 0 Å². The summed E-state index contributed by atoms with van der Waals surface area (Å²) in [6, 6.07) is 0. The van der Waals surface area contributed by atoms with Crippen LogP contribution in [0, 0.1) is 0 Å². The van der Waals surface area contributed by atoms with Gasteiger partial charge in [-0.2, -0.15) is 0 Å². The van der Waals surface area contributed by atoms with Crippen LogP contribution >= 0.6 is 11.6 Å². The number of rotatable bonds is 0. The molecule has 0 aromatic carbocycles. The topological polar surface area (TPSA) is 12.0 Å². The van der Waals surface area contributed by atoms with Gasteiger partial charge in [-0.1, -0.05) is 17.7 Å². The highest BCUT2D eigenvalue weighted by atomic mass is 35.5. The van der Waals surface area contributed by atoms with Crippen molar-refractivity contribution < 1.29 is 0 Å². The summed E-state index contributed by atoms with van der Waals surface area (Å²) in [5, 5.41) is 3.82. The Morgan fingerprint density at radius 3 is 3.38 bits per heavy atom. The molecule has 1 aliphatic rings. The van der Waals surface area contributed by atoms with E-state index in [0.717, 1.165) is 18.0 Å². The van der Waals surface area contributed by atoms with Gasteiger partial charge in [0, 0.05) is 12.7 Å². The van der Waals surface area contributed by atoms with Gasteiger partial charge in [0.1, 0.15) is 0 Å². The molecule has 8 heavy (non-hydrogen) atoms. The Bertz CT molecular complexity index is 126. The van der Waals surface area contributed by atoms with Crippen LogP contribution < -0.4 is 5.32 Å². The van der Waals surface area contributed by atoms with Gasteiger partial charge in [0.2, 0.25) is 0 Å². The van der Waals surface area contributed by atoms with Crippen molar-refractivity contribution in [3.05, 3.63) is 23.4 Å². The second-order valence-electron chi connectivity index (χ2n) is 1.67. The summed E-state index contributed by atoms with van der Waals surface area (Å²) < 4.78 is 0. The van der Waals surface area contributed by atoms with Crippen molar-refractivity contribution in [2.45, 2.75) is 6.42 Å². The number of hydrogen-bond donors (Lipinski definition) is 1. The highest BCUT2D eigenvalue weighted by molar-refractivity contribution is 6.31. The lowest BCUT2D eigenvalue weighted by Crippen LogP contribution is -2.03. The summed E-state index contributed by atoms with van der Waals surface area (Å²) in [5.41, 5.74) is 0. The van der Waals surface area contributed by atoms with Crippen molar-refractivity contribution in [3.63, 3.8) is 0 Å². The quantitative estimate of drug-likeness (QED) is 0.524. The van der Waals surface area contributed by atoms with Crippen molar-refractivity contribution in [2.75, 3.05) is 6.54 Å². The zero-order chi connectivity index (χ0) is 5.82. The molecule has 0 amide bonds. The summed E-state index contributed by atoms with van der Waals surface area (Å²) in [6.45, 7) is 0.993. The smallest absolute Gasteiger partial charge is 0.0559 e. The van der Waals surface area contributed by atoms with Crippen molar-refractivity contribution in [2.24, 2.45) is 0 Å². The normalized spacial score (nSPS) is 18.9. The van der Waals surface area contributed by atoms with Gasteiger partial charge in [0.25, 0.3) is 0 Å². The molecule has 0 unspecified atom stereocenters. The molecule has 0 radical (unpaired) electrons. The fraction of sp³-hybridized carbons (Fsp3) is 0.333. The largest absolute Gasteiger partial charge is 0.389 e. The van der Waals surface area contributed by atoms with E-state index in [0.29, 0.717) is 0 Å². The molecule has 2 heteroatoms. The molecule has 44 valence electrons. The van der Waals surface area contributed by atoms with Crippen LogP contribution in [0.1, 0.15) is 6.42 Å². The van der Waals surface area contributed by atoms with E-state index < -0.39 is 0 Å². The van der Waals surface area contributed by atoms with Crippen LogP contribution in [0.5, 0.6) is 0 Å². The van der Waals surface area contributed by atoms with Crippen molar-refractivity contribution in [1.29, 1.82) is 0 Å². The van der Waals surface area contributed by atoms with Crippen molar-refractivity contribution in [3.8, 4) is 0 Å². The summed E-state index contributed by atoms with van der Waals surface area (Å²) in [6.07, 6.45) is 6.83. The van der Waals surface area contributed by atoms with Gasteiger partial charge in [-0.3, -0.25) is 0 Å². The first-order valence-electron chi connectivity index (χ1n) is 2.65. The van der Waals surface area contributed by atoms with E-state index in [4.69, 9.17) is 11.6 Å². The van der Waals surface area contributed by atoms with Gasteiger partial charge in [-0.25, -0.2) is 0 Å². The van der Waals surface area contributed by atoms with E-state index in [9.17, 15) is 0 Å². The van der Waals surface area contributed by atoms with E-state index in [1.54, 1.807) is 0 Å². The van der Waals surface area contributed by atoms with Crippen LogP contribution in [0.4, 0.5) is 0 Å². The third-order valence-corrected chi connectivity index (χ3v) is 1.21. The summed E-state index contributed by atoms with van der Waals surface area (Å²) in [5.74, 6) is 0. The van der Waals surface area contributed by atoms with Crippen LogP contribution in [-0.4, -0.2) is 6.54 Å². The summed E-state index contributed by atoms with van der Waals surface area (Å²) >= 11 is 5.63. The average molecular weight is 130 g/mol. The van der Waals surface area contributed by atoms with Gasteiger partial charge < -0.3 is 5.32 Å². The molecule has 0 saturated carbocycles. The average Bonchev–Trinajstić information content (AvgIpc) is 1.94. The lowest BCUT2D eigenvalue weighted by molar-refractivity contribution is 0.859. The first kappa shape index (κ1) is 5.70. The maximum absolute atomic E-state index is 5.63. The lowest BCUT2D eigenvalue weighted by atomic mass is 10.4. The molecular formula is C6H8ClN. The zero-order valence-electron chi connectivity index (χ0n) is 4.52. The van der Waals surface area contributed by atoms with Gasteiger partial charge in [0.05, 0.1) is 5.03 Å². The maximum Gasteiger partial charge on any atom is 0.0559 e. The zero-order valence-corrected chi connectivity index (χ0v) is 5.28. The highest BCUT2D eigenvalue weighted by Crippen LogP contribution is 2.03. The van der Waals surface area contributed by atoms with E-state index in [-0.39, 0.29) is 0 Å². The van der Waals surface area contributed by atoms with Gasteiger partial charge in [-0.05, 0) is 12.5 Å². The van der Waals surface area contributed by atoms with E-state index in [1.807, 2.05) is 12.3 Å². The summed E-state index contributed by atoms with van der Waals surface area (Å²) in [4.78, 5) is 0. The lowest BCUT2D eigenvalue weighted by Gasteiger charge is -1.90. The van der Waals surface area contributed by atoms with Crippen LogP contribution in [-0.2, 0) is 0 Å². The first-order valence-corrected chi connectivity index (χ1v) is 3.03. The molecule has 1 aliphatic heterocycles. The second-order valence-corrected chi connectivity index (χ2v) is 2.11. The Hall–Kier alpha value is -0.430. The molecule has 0 atom stereocenters. The van der Waals surface area contributed by atoms with Crippen LogP contribution in [0.25, 0.3) is 0 Å². The Kier molecular flexibility index (Phi) is 1.98. The Morgan fingerprint density at radius 2 is 2.50 bits per heavy atom. The summed E-state index contributed by atoms with van der Waals surface area (Å²) in [7, 11) is 0. The van der Waals surface area contributed by atoms with Crippen molar-refractivity contribution in [1.82, 2.24) is 5.32 Å². The predicted octanol–water partition coefficient (Wildman–Crippen LogP) is 1.62. The Morgan fingerprint density at radius 1 is 1.62 bits per heavy atom. The third kappa shape index (κ3) is 1.58. The van der Waals surface area contributed by atoms with Crippen LogP contribution in [0.15, 0.2) is 23.4 Å². The highest BCUT2D eigenvalue weighted by Gasteiger charge is 1.87. The Balaban J connectivity index is 2.55. The Labute approximate surface area is 54.0 Å². The molecule has 1 nitrogen and oxygen atoms in total. The standard InChI is InChI=1S/C6H8ClN/c7-6-3-1-2-4-8-5-6/h1,3,5,8H,2,4H2. The predicted molar refractivity (Wildman–Crippen MR) is 35.7 cm³/mol. The van der Waals surface area contributed by atoms with Crippen LogP contribution in [0.2, 0.25) is 0 Å². The molecule has 0 saturated heterocycles. The van der Waals surface area contributed by atoms with Gasteiger partial charge >= 0.3 is 0 Å². The fourth-order valence-corrected chi connectivity index (χ4v) is 0.747. The SMILES string of the molecule is ClC1=CNCCC=C1. The minimum atomic E-state index is 0.780. The molecule has 0 bridgehead atoms. The second kappa shape index (κ2) is 2.78. The molecule has 1 heterocycles. The molecule has 0 fully saturated rings. The number of halogens is 1. The first-order chi connectivity index (χ1) is 3.89. The molecule has 1 N–H and O–H groups in total. The van der Waals surface area contributed by atoms with Gasteiger partial charge in [0.15, 0.2) is 0 Å². The van der Waals surface area contributed by atoms with E-state index in [1.165, 1.54) is 0 Å². The minimum Gasteiger partial charge on any atom is -0.389 e.